The van der Waals surface area contributed by atoms with E-state index in [0.717, 1.165) is 5.56 Å². The minimum absolute atomic E-state index is 0.0596. The maximum Gasteiger partial charge on any atom is 0.336 e. The smallest absolute Gasteiger partial charge is 0.336 e. The second kappa shape index (κ2) is 4.05. The van der Waals surface area contributed by atoms with Crippen molar-refractivity contribution in [2.75, 3.05) is 0 Å². The number of carboxylic acids is 1. The molecule has 0 amide bonds. The molecule has 0 aromatic heterocycles. The molecule has 0 aliphatic heterocycles. The first-order valence-corrected chi connectivity index (χ1v) is 4.38. The summed E-state index contributed by atoms with van der Waals surface area (Å²) < 4.78 is 0. The van der Waals surface area contributed by atoms with E-state index in [2.05, 4.69) is 0 Å². The Bertz CT molecular complexity index is 367. The van der Waals surface area contributed by atoms with Crippen molar-refractivity contribution in [2.24, 2.45) is 0 Å². The van der Waals surface area contributed by atoms with Crippen molar-refractivity contribution in [1.29, 1.82) is 0 Å². The average molecular weight is 192 g/mol. The highest BCUT2D eigenvalue weighted by Crippen LogP contribution is 2.17. The summed E-state index contributed by atoms with van der Waals surface area (Å²) in [5, 5.41) is 8.77. The minimum atomic E-state index is -1.07. The molecule has 0 aliphatic rings. The minimum Gasteiger partial charge on any atom is -0.478 e. The standard InChI is InChI=1S/C11H12O3/c1-7(2)8-3-4-10(11(13)14)9(5-8)6-12/h3-7H,1-2H3,(H,13,14). The van der Waals surface area contributed by atoms with E-state index >= 15 is 0 Å². The number of carbonyl (C=O) groups excluding carboxylic acids is 1. The first-order valence-electron chi connectivity index (χ1n) is 4.38. The zero-order chi connectivity index (χ0) is 10.7. The van der Waals surface area contributed by atoms with Gasteiger partial charge in [-0.25, -0.2) is 4.79 Å². The first kappa shape index (κ1) is 10.4. The fraction of sp³-hybridized carbons (Fsp3) is 0.273. The van der Waals surface area contributed by atoms with Crippen LogP contribution in [-0.4, -0.2) is 17.4 Å². The lowest BCUT2D eigenvalue weighted by atomic mass is 9.98. The number of carbonyl (C=O) groups is 2. The summed E-state index contributed by atoms with van der Waals surface area (Å²) in [6.45, 7) is 3.98. The van der Waals surface area contributed by atoms with Crippen molar-refractivity contribution in [2.45, 2.75) is 19.8 Å². The quantitative estimate of drug-likeness (QED) is 0.747. The first-order chi connectivity index (χ1) is 6.56. The molecule has 0 saturated heterocycles. The van der Waals surface area contributed by atoms with Crippen LogP contribution in [0.4, 0.5) is 0 Å². The van der Waals surface area contributed by atoms with Crippen LogP contribution in [0.25, 0.3) is 0 Å². The Morgan fingerprint density at radius 1 is 1.43 bits per heavy atom. The fourth-order valence-electron chi connectivity index (χ4n) is 1.23. The van der Waals surface area contributed by atoms with Gasteiger partial charge in [0.25, 0.3) is 0 Å². The lowest BCUT2D eigenvalue weighted by Gasteiger charge is -2.07. The predicted molar refractivity (Wildman–Crippen MR) is 52.9 cm³/mol. The van der Waals surface area contributed by atoms with Gasteiger partial charge in [0.15, 0.2) is 6.29 Å². The number of aldehydes is 1. The highest BCUT2D eigenvalue weighted by atomic mass is 16.4. The van der Waals surface area contributed by atoms with Crippen LogP contribution in [0.3, 0.4) is 0 Å². The number of benzene rings is 1. The number of rotatable bonds is 3. The van der Waals surface area contributed by atoms with E-state index in [1.807, 2.05) is 13.8 Å². The number of hydrogen-bond acceptors (Lipinski definition) is 2. The molecule has 1 aromatic rings. The van der Waals surface area contributed by atoms with E-state index in [1.165, 1.54) is 6.07 Å². The Labute approximate surface area is 82.4 Å². The maximum absolute atomic E-state index is 10.7. The Morgan fingerprint density at radius 3 is 2.50 bits per heavy atom. The van der Waals surface area contributed by atoms with Gasteiger partial charge in [0, 0.05) is 5.56 Å². The molecule has 0 radical (unpaired) electrons. The molecular weight excluding hydrogens is 180 g/mol. The number of aromatic carboxylic acids is 1. The molecule has 3 heteroatoms. The van der Waals surface area contributed by atoms with E-state index in [0.29, 0.717) is 6.29 Å². The van der Waals surface area contributed by atoms with E-state index in [4.69, 9.17) is 5.11 Å². The molecule has 1 rings (SSSR count). The molecule has 0 spiro atoms. The van der Waals surface area contributed by atoms with Gasteiger partial charge in [-0.05, 0) is 23.6 Å². The summed E-state index contributed by atoms with van der Waals surface area (Å²) in [4.78, 5) is 21.3. The van der Waals surface area contributed by atoms with Gasteiger partial charge >= 0.3 is 5.97 Å². The van der Waals surface area contributed by atoms with Gasteiger partial charge in [0.2, 0.25) is 0 Å². The van der Waals surface area contributed by atoms with Gasteiger partial charge in [0.05, 0.1) is 5.56 Å². The molecular formula is C11H12O3. The summed E-state index contributed by atoms with van der Waals surface area (Å²) in [6.07, 6.45) is 0.579. The Balaban J connectivity index is 3.25. The van der Waals surface area contributed by atoms with E-state index in [9.17, 15) is 9.59 Å². The van der Waals surface area contributed by atoms with Crippen molar-refractivity contribution in [3.05, 3.63) is 34.9 Å². The zero-order valence-electron chi connectivity index (χ0n) is 8.15. The normalized spacial score (nSPS) is 10.2. The van der Waals surface area contributed by atoms with Gasteiger partial charge in [-0.1, -0.05) is 19.9 Å². The Hall–Kier alpha value is -1.64. The van der Waals surface area contributed by atoms with Crippen LogP contribution in [0.1, 0.15) is 46.0 Å². The van der Waals surface area contributed by atoms with Crippen LogP contribution >= 0.6 is 0 Å². The predicted octanol–water partition coefficient (Wildman–Crippen LogP) is 2.32. The van der Waals surface area contributed by atoms with Crippen molar-refractivity contribution >= 4 is 12.3 Å². The maximum atomic E-state index is 10.7. The SMILES string of the molecule is CC(C)c1ccc(C(=O)O)c(C=O)c1. The van der Waals surface area contributed by atoms with Gasteiger partial charge in [0.1, 0.15) is 0 Å². The molecule has 0 saturated carbocycles. The third-order valence-electron chi connectivity index (χ3n) is 2.10. The molecule has 74 valence electrons. The summed E-state index contributed by atoms with van der Waals surface area (Å²) in [6, 6.07) is 4.84. The summed E-state index contributed by atoms with van der Waals surface area (Å²) in [5.74, 6) is -0.779. The molecule has 0 heterocycles. The Kier molecular flexibility index (Phi) is 3.02. The van der Waals surface area contributed by atoms with Crippen molar-refractivity contribution in [3.8, 4) is 0 Å². The topological polar surface area (TPSA) is 54.4 Å². The van der Waals surface area contributed by atoms with E-state index in [-0.39, 0.29) is 17.0 Å². The average Bonchev–Trinajstić information content (AvgIpc) is 2.16. The highest BCUT2D eigenvalue weighted by molar-refractivity contribution is 5.97. The van der Waals surface area contributed by atoms with Gasteiger partial charge in [-0.3, -0.25) is 4.79 Å². The van der Waals surface area contributed by atoms with E-state index in [1.54, 1.807) is 12.1 Å². The second-order valence-electron chi connectivity index (χ2n) is 3.42. The third-order valence-corrected chi connectivity index (χ3v) is 2.10. The van der Waals surface area contributed by atoms with Crippen molar-refractivity contribution < 1.29 is 14.7 Å². The van der Waals surface area contributed by atoms with Crippen molar-refractivity contribution in [3.63, 3.8) is 0 Å². The van der Waals surface area contributed by atoms with Gasteiger partial charge < -0.3 is 5.11 Å². The molecule has 0 aliphatic carbocycles. The molecule has 1 N–H and O–H groups in total. The molecule has 0 atom stereocenters. The van der Waals surface area contributed by atoms with Crippen LogP contribution in [0.15, 0.2) is 18.2 Å². The van der Waals surface area contributed by atoms with Gasteiger partial charge in [-0.15, -0.1) is 0 Å². The second-order valence-corrected chi connectivity index (χ2v) is 3.42. The van der Waals surface area contributed by atoms with E-state index < -0.39 is 5.97 Å². The zero-order valence-corrected chi connectivity index (χ0v) is 8.15. The van der Waals surface area contributed by atoms with Crippen LogP contribution in [-0.2, 0) is 0 Å². The highest BCUT2D eigenvalue weighted by Gasteiger charge is 2.10. The van der Waals surface area contributed by atoms with Crippen LogP contribution in [0.5, 0.6) is 0 Å². The molecule has 0 fully saturated rings. The molecule has 1 aromatic carbocycles. The lowest BCUT2D eigenvalue weighted by molar-refractivity contribution is 0.0694. The van der Waals surface area contributed by atoms with Crippen LogP contribution in [0, 0.1) is 0 Å². The van der Waals surface area contributed by atoms with Crippen molar-refractivity contribution in [1.82, 2.24) is 0 Å². The monoisotopic (exact) mass is 192 g/mol. The molecule has 0 bridgehead atoms. The summed E-state index contributed by atoms with van der Waals surface area (Å²) in [5.41, 5.74) is 1.27. The Morgan fingerprint density at radius 2 is 2.07 bits per heavy atom. The molecule has 14 heavy (non-hydrogen) atoms. The molecule has 3 nitrogen and oxygen atoms in total. The number of hydrogen-bond donors (Lipinski definition) is 1. The summed E-state index contributed by atoms with van der Waals surface area (Å²) in [7, 11) is 0. The third kappa shape index (κ3) is 1.99. The van der Waals surface area contributed by atoms with Crippen LogP contribution in [0.2, 0.25) is 0 Å². The summed E-state index contributed by atoms with van der Waals surface area (Å²) >= 11 is 0. The largest absolute Gasteiger partial charge is 0.478 e. The van der Waals surface area contributed by atoms with Gasteiger partial charge in [-0.2, -0.15) is 0 Å². The lowest BCUT2D eigenvalue weighted by Crippen LogP contribution is -2.03. The molecule has 0 unspecified atom stereocenters. The fourth-order valence-corrected chi connectivity index (χ4v) is 1.23. The number of carboxylic acid groups (broad SMARTS) is 1. The van der Waals surface area contributed by atoms with Crippen LogP contribution < -0.4 is 0 Å².